The van der Waals surface area contributed by atoms with Gasteiger partial charge in [-0.2, -0.15) is 0 Å². The van der Waals surface area contributed by atoms with Crippen molar-refractivity contribution in [2.75, 3.05) is 0 Å². The summed E-state index contributed by atoms with van der Waals surface area (Å²) in [5.74, 6) is 1.42. The van der Waals surface area contributed by atoms with Crippen LogP contribution in [0.1, 0.15) is 22.6 Å². The van der Waals surface area contributed by atoms with Crippen molar-refractivity contribution in [2.24, 2.45) is 0 Å². The maximum absolute atomic E-state index is 12.1. The number of carbonyl (C=O) groups is 1. The van der Waals surface area contributed by atoms with Crippen LogP contribution in [0, 0.1) is 13.8 Å². The third kappa shape index (κ3) is 2.27. The maximum atomic E-state index is 12.1. The Morgan fingerprint density at radius 1 is 1.40 bits per heavy atom. The molecular formula is C15H16N2O3. The normalized spacial score (nSPS) is 16.6. The summed E-state index contributed by atoms with van der Waals surface area (Å²) in [5, 5.41) is 6.75. The Balaban J connectivity index is 1.62. The predicted molar refractivity (Wildman–Crippen MR) is 72.4 cm³/mol. The number of aromatic nitrogens is 1. The molecule has 3 rings (SSSR count). The maximum Gasteiger partial charge on any atom is 0.261 e. The summed E-state index contributed by atoms with van der Waals surface area (Å²) in [6.07, 6.45) is 0.164. The Morgan fingerprint density at radius 2 is 2.20 bits per heavy atom. The first kappa shape index (κ1) is 12.7. The van der Waals surface area contributed by atoms with Gasteiger partial charge in [0.2, 0.25) is 0 Å². The van der Waals surface area contributed by atoms with Crippen LogP contribution in [-0.4, -0.2) is 17.2 Å². The van der Waals surface area contributed by atoms with E-state index in [1.165, 1.54) is 0 Å². The van der Waals surface area contributed by atoms with Crippen LogP contribution >= 0.6 is 0 Å². The van der Waals surface area contributed by atoms with E-state index in [1.807, 2.05) is 38.1 Å². The van der Waals surface area contributed by atoms with Crippen molar-refractivity contribution in [1.29, 1.82) is 0 Å². The Morgan fingerprint density at radius 3 is 2.90 bits per heavy atom. The molecule has 0 saturated carbocycles. The molecule has 1 unspecified atom stereocenters. The number of rotatable bonds is 3. The molecule has 1 N–H and O–H groups in total. The number of benzene rings is 1. The molecule has 1 atom stereocenters. The molecular weight excluding hydrogens is 256 g/mol. The number of aryl methyl sites for hydroxylation is 2. The smallest absolute Gasteiger partial charge is 0.261 e. The lowest BCUT2D eigenvalue weighted by molar-refractivity contribution is -0.127. The summed E-state index contributed by atoms with van der Waals surface area (Å²) < 4.78 is 10.7. The van der Waals surface area contributed by atoms with E-state index in [2.05, 4.69) is 10.5 Å². The number of amides is 1. The van der Waals surface area contributed by atoms with Gasteiger partial charge in [0.25, 0.3) is 5.91 Å². The molecule has 0 fully saturated rings. The molecule has 104 valence electrons. The van der Waals surface area contributed by atoms with Crippen LogP contribution < -0.4 is 10.1 Å². The van der Waals surface area contributed by atoms with Crippen LogP contribution in [0.2, 0.25) is 0 Å². The van der Waals surface area contributed by atoms with Crippen molar-refractivity contribution in [2.45, 2.75) is 32.9 Å². The molecule has 1 aliphatic rings. The minimum atomic E-state index is -0.451. The monoisotopic (exact) mass is 272 g/mol. The lowest BCUT2D eigenvalue weighted by atomic mass is 10.1. The van der Waals surface area contributed by atoms with Gasteiger partial charge in [-0.3, -0.25) is 4.79 Å². The molecule has 0 spiro atoms. The lowest BCUT2D eigenvalue weighted by Gasteiger charge is -2.11. The molecule has 20 heavy (non-hydrogen) atoms. The number of nitrogens with one attached hydrogen (secondary N) is 1. The average molecular weight is 272 g/mol. The van der Waals surface area contributed by atoms with Crippen LogP contribution in [0.5, 0.6) is 5.75 Å². The van der Waals surface area contributed by atoms with E-state index in [0.717, 1.165) is 28.3 Å². The topological polar surface area (TPSA) is 64.4 Å². The Hall–Kier alpha value is -2.30. The van der Waals surface area contributed by atoms with Crippen molar-refractivity contribution < 1.29 is 14.1 Å². The van der Waals surface area contributed by atoms with Crippen LogP contribution in [0.15, 0.2) is 28.8 Å². The molecule has 1 aromatic heterocycles. The van der Waals surface area contributed by atoms with Gasteiger partial charge in [-0.25, -0.2) is 0 Å². The molecule has 5 nitrogen and oxygen atoms in total. The number of ether oxygens (including phenoxy) is 1. The number of fused-ring (bicyclic) bond motifs is 1. The summed E-state index contributed by atoms with van der Waals surface area (Å²) in [5.41, 5.74) is 2.80. The Bertz CT molecular complexity index is 604. The largest absolute Gasteiger partial charge is 0.480 e. The van der Waals surface area contributed by atoms with Crippen molar-refractivity contribution in [1.82, 2.24) is 10.5 Å². The molecule has 5 heteroatoms. The minimum absolute atomic E-state index is 0.110. The first-order valence-corrected chi connectivity index (χ1v) is 6.59. The van der Waals surface area contributed by atoms with Gasteiger partial charge in [0.15, 0.2) is 6.10 Å². The van der Waals surface area contributed by atoms with E-state index in [4.69, 9.17) is 9.26 Å². The highest BCUT2D eigenvalue weighted by atomic mass is 16.5. The standard InChI is InChI=1S/C15H16N2O3/c1-9-12(10(2)20-17-9)8-16-15(18)14-7-11-5-3-4-6-13(11)19-14/h3-6,14H,7-8H2,1-2H3,(H,16,18). The number of carbonyl (C=O) groups excluding carboxylic acids is 1. The lowest BCUT2D eigenvalue weighted by Crippen LogP contribution is -2.37. The van der Waals surface area contributed by atoms with Crippen LogP contribution in [0.3, 0.4) is 0 Å². The van der Waals surface area contributed by atoms with Gasteiger partial charge in [0.05, 0.1) is 5.69 Å². The van der Waals surface area contributed by atoms with E-state index in [9.17, 15) is 4.79 Å². The van der Waals surface area contributed by atoms with E-state index in [0.29, 0.717) is 13.0 Å². The van der Waals surface area contributed by atoms with E-state index < -0.39 is 6.10 Å². The van der Waals surface area contributed by atoms with Crippen LogP contribution in [-0.2, 0) is 17.8 Å². The van der Waals surface area contributed by atoms with Gasteiger partial charge in [0.1, 0.15) is 11.5 Å². The average Bonchev–Trinajstić information content (AvgIpc) is 3.01. The number of hydrogen-bond donors (Lipinski definition) is 1. The molecule has 2 aromatic rings. The highest BCUT2D eigenvalue weighted by Gasteiger charge is 2.28. The molecule has 0 aliphatic carbocycles. The first-order valence-electron chi connectivity index (χ1n) is 6.59. The zero-order valence-electron chi connectivity index (χ0n) is 11.5. The number of nitrogens with zero attached hydrogens (tertiary/aromatic N) is 1. The van der Waals surface area contributed by atoms with Crippen molar-refractivity contribution in [3.05, 3.63) is 46.8 Å². The first-order chi connectivity index (χ1) is 9.65. The summed E-state index contributed by atoms with van der Waals surface area (Å²) in [4.78, 5) is 12.1. The highest BCUT2D eigenvalue weighted by Crippen LogP contribution is 2.28. The third-order valence-corrected chi connectivity index (χ3v) is 3.56. The third-order valence-electron chi connectivity index (χ3n) is 3.56. The molecule has 1 amide bonds. The molecule has 1 aliphatic heterocycles. The number of para-hydroxylation sites is 1. The van der Waals surface area contributed by atoms with E-state index in [-0.39, 0.29) is 5.91 Å². The fourth-order valence-electron chi connectivity index (χ4n) is 2.37. The fourth-order valence-corrected chi connectivity index (χ4v) is 2.37. The van der Waals surface area contributed by atoms with Gasteiger partial charge < -0.3 is 14.6 Å². The minimum Gasteiger partial charge on any atom is -0.480 e. The Labute approximate surface area is 116 Å². The zero-order chi connectivity index (χ0) is 14.1. The zero-order valence-corrected chi connectivity index (χ0v) is 11.5. The second kappa shape index (κ2) is 5.00. The molecule has 2 heterocycles. The summed E-state index contributed by atoms with van der Waals surface area (Å²) >= 11 is 0. The Kier molecular flexibility index (Phi) is 3.18. The number of hydrogen-bond acceptors (Lipinski definition) is 4. The van der Waals surface area contributed by atoms with Crippen molar-refractivity contribution in [3.63, 3.8) is 0 Å². The highest BCUT2D eigenvalue weighted by molar-refractivity contribution is 5.82. The van der Waals surface area contributed by atoms with E-state index >= 15 is 0 Å². The van der Waals surface area contributed by atoms with Gasteiger partial charge in [-0.1, -0.05) is 23.4 Å². The van der Waals surface area contributed by atoms with Crippen molar-refractivity contribution in [3.8, 4) is 5.75 Å². The molecule has 0 radical (unpaired) electrons. The summed E-state index contributed by atoms with van der Waals surface area (Å²) in [6.45, 7) is 4.11. The van der Waals surface area contributed by atoms with Gasteiger partial charge in [-0.15, -0.1) is 0 Å². The second-order valence-corrected chi connectivity index (χ2v) is 4.94. The quantitative estimate of drug-likeness (QED) is 0.927. The molecule has 0 saturated heterocycles. The SMILES string of the molecule is Cc1noc(C)c1CNC(=O)C1Cc2ccccc2O1. The molecule has 0 bridgehead atoms. The second-order valence-electron chi connectivity index (χ2n) is 4.94. The van der Waals surface area contributed by atoms with E-state index in [1.54, 1.807) is 0 Å². The summed E-state index contributed by atoms with van der Waals surface area (Å²) in [6, 6.07) is 7.73. The van der Waals surface area contributed by atoms with Crippen LogP contribution in [0.25, 0.3) is 0 Å². The van der Waals surface area contributed by atoms with Crippen LogP contribution in [0.4, 0.5) is 0 Å². The van der Waals surface area contributed by atoms with Gasteiger partial charge >= 0.3 is 0 Å². The van der Waals surface area contributed by atoms with Gasteiger partial charge in [-0.05, 0) is 25.5 Å². The predicted octanol–water partition coefficient (Wildman–Crippen LogP) is 1.91. The van der Waals surface area contributed by atoms with Gasteiger partial charge in [0, 0.05) is 18.5 Å². The fraction of sp³-hybridized carbons (Fsp3) is 0.333. The molecule has 1 aromatic carbocycles. The van der Waals surface area contributed by atoms with Crippen molar-refractivity contribution >= 4 is 5.91 Å². The summed E-state index contributed by atoms with van der Waals surface area (Å²) in [7, 11) is 0.